The van der Waals surface area contributed by atoms with E-state index < -0.39 is 5.97 Å². The predicted octanol–water partition coefficient (Wildman–Crippen LogP) is 2.58. The molecule has 0 atom stereocenters. The second kappa shape index (κ2) is 10.7. The van der Waals surface area contributed by atoms with E-state index in [1.807, 2.05) is 42.5 Å². The summed E-state index contributed by atoms with van der Waals surface area (Å²) in [4.78, 5) is 21.8. The Kier molecular flexibility index (Phi) is 8.72. The Morgan fingerprint density at radius 1 is 1.14 bits per heavy atom. The summed E-state index contributed by atoms with van der Waals surface area (Å²) in [7, 11) is 0. The predicted molar refractivity (Wildman–Crippen MR) is 87.2 cm³/mol. The Morgan fingerprint density at radius 3 is 2.62 bits per heavy atom. The van der Waals surface area contributed by atoms with Gasteiger partial charge in [-0.15, -0.1) is 0 Å². The molecule has 0 aliphatic heterocycles. The van der Waals surface area contributed by atoms with E-state index in [1.165, 1.54) is 17.8 Å². The van der Waals surface area contributed by atoms with Gasteiger partial charge in [0.25, 0.3) is 0 Å². The fourth-order valence-corrected chi connectivity index (χ4v) is 2.21. The zero-order chi connectivity index (χ0) is 15.3. The van der Waals surface area contributed by atoms with Crippen molar-refractivity contribution >= 4 is 29.7 Å². The molecule has 0 radical (unpaired) electrons. The van der Waals surface area contributed by atoms with Crippen LogP contribution in [-0.2, 0) is 9.59 Å². The highest BCUT2D eigenvalue weighted by atomic mass is 32.2. The number of amides is 1. The molecule has 21 heavy (non-hydrogen) atoms. The summed E-state index contributed by atoms with van der Waals surface area (Å²) < 4.78 is 0. The fourth-order valence-electron chi connectivity index (χ4n) is 1.44. The van der Waals surface area contributed by atoms with Gasteiger partial charge in [0.2, 0.25) is 5.91 Å². The van der Waals surface area contributed by atoms with E-state index in [9.17, 15) is 9.59 Å². The van der Waals surface area contributed by atoms with Gasteiger partial charge < -0.3 is 10.4 Å². The maximum atomic E-state index is 11.5. The van der Waals surface area contributed by atoms with Gasteiger partial charge in [-0.3, -0.25) is 9.59 Å². The monoisotopic (exact) mass is 305 g/mol. The van der Waals surface area contributed by atoms with E-state index in [2.05, 4.69) is 5.32 Å². The topological polar surface area (TPSA) is 66.4 Å². The van der Waals surface area contributed by atoms with Crippen LogP contribution in [-0.4, -0.2) is 35.0 Å². The lowest BCUT2D eigenvalue weighted by molar-refractivity contribution is -0.136. The van der Waals surface area contributed by atoms with E-state index in [1.54, 1.807) is 6.08 Å². The molecule has 1 aromatic rings. The molecule has 112 valence electrons. The smallest absolute Gasteiger partial charge is 0.304 e. The Labute approximate surface area is 128 Å². The van der Waals surface area contributed by atoms with Crippen LogP contribution < -0.4 is 5.32 Å². The Bertz CT molecular complexity index is 498. The number of carboxylic acid groups (broad SMARTS) is 1. The molecule has 1 rings (SSSR count). The second-order valence-electron chi connectivity index (χ2n) is 4.18. The molecule has 2 N–H and O–H groups in total. The standard InChI is InChI=1S/C16H19NO3S/c18-15(17-11-13-21-12-10-16(19)20)9-5-4-8-14-6-2-1-3-7-14/h1-9H,10-13H2,(H,17,18)(H,19,20)/b8-4+,9-5+. The third kappa shape index (κ3) is 9.51. The average molecular weight is 305 g/mol. The molecule has 5 heteroatoms. The van der Waals surface area contributed by atoms with Crippen molar-refractivity contribution in [3.05, 3.63) is 54.1 Å². The van der Waals surface area contributed by atoms with Crippen molar-refractivity contribution in [1.82, 2.24) is 5.32 Å². The highest BCUT2D eigenvalue weighted by Crippen LogP contribution is 2.01. The van der Waals surface area contributed by atoms with Crippen LogP contribution in [0.15, 0.2) is 48.6 Å². The van der Waals surface area contributed by atoms with Crippen molar-refractivity contribution in [2.75, 3.05) is 18.1 Å². The van der Waals surface area contributed by atoms with Crippen LogP contribution in [0.5, 0.6) is 0 Å². The summed E-state index contributed by atoms with van der Waals surface area (Å²) in [6.45, 7) is 0.538. The summed E-state index contributed by atoms with van der Waals surface area (Å²) in [5.41, 5.74) is 1.08. The summed E-state index contributed by atoms with van der Waals surface area (Å²) >= 11 is 1.52. The van der Waals surface area contributed by atoms with Crippen molar-refractivity contribution in [3.8, 4) is 0 Å². The van der Waals surface area contributed by atoms with Gasteiger partial charge in [0, 0.05) is 24.1 Å². The first-order valence-electron chi connectivity index (χ1n) is 6.65. The minimum absolute atomic E-state index is 0.147. The Hall–Kier alpha value is -2.01. The van der Waals surface area contributed by atoms with E-state index >= 15 is 0 Å². The molecule has 0 heterocycles. The maximum Gasteiger partial charge on any atom is 0.304 e. The first-order valence-corrected chi connectivity index (χ1v) is 7.81. The van der Waals surface area contributed by atoms with Crippen molar-refractivity contribution in [2.45, 2.75) is 6.42 Å². The van der Waals surface area contributed by atoms with Gasteiger partial charge in [-0.05, 0) is 5.56 Å². The van der Waals surface area contributed by atoms with E-state index in [0.29, 0.717) is 18.1 Å². The zero-order valence-corrected chi connectivity index (χ0v) is 12.5. The third-order valence-corrected chi connectivity index (χ3v) is 3.44. The SMILES string of the molecule is O=C(O)CCSCCNC(=O)/C=C/C=C/c1ccccc1. The number of hydrogen-bond acceptors (Lipinski definition) is 3. The van der Waals surface area contributed by atoms with Crippen LogP contribution in [0.4, 0.5) is 0 Å². The van der Waals surface area contributed by atoms with Crippen molar-refractivity contribution < 1.29 is 14.7 Å². The summed E-state index contributed by atoms with van der Waals surface area (Å²) in [6.07, 6.45) is 7.06. The number of nitrogens with one attached hydrogen (secondary N) is 1. The molecular formula is C16H19NO3S. The van der Waals surface area contributed by atoms with Gasteiger partial charge >= 0.3 is 5.97 Å². The Balaban J connectivity index is 2.12. The lowest BCUT2D eigenvalue weighted by Crippen LogP contribution is -2.23. The number of allylic oxidation sites excluding steroid dienone is 2. The highest BCUT2D eigenvalue weighted by molar-refractivity contribution is 7.99. The number of carbonyl (C=O) groups excluding carboxylic acids is 1. The molecule has 0 saturated carbocycles. The number of carbonyl (C=O) groups is 2. The van der Waals surface area contributed by atoms with Crippen LogP contribution in [0.1, 0.15) is 12.0 Å². The van der Waals surface area contributed by atoms with E-state index in [4.69, 9.17) is 5.11 Å². The molecule has 1 amide bonds. The number of carboxylic acids is 1. The summed E-state index contributed by atoms with van der Waals surface area (Å²) in [5, 5.41) is 11.2. The minimum Gasteiger partial charge on any atom is -0.481 e. The Morgan fingerprint density at radius 2 is 1.90 bits per heavy atom. The largest absolute Gasteiger partial charge is 0.481 e. The minimum atomic E-state index is -0.792. The molecule has 0 saturated heterocycles. The lowest BCUT2D eigenvalue weighted by atomic mass is 10.2. The number of aliphatic carboxylic acids is 1. The number of benzene rings is 1. The molecule has 1 aromatic carbocycles. The number of hydrogen-bond donors (Lipinski definition) is 2. The second-order valence-corrected chi connectivity index (χ2v) is 5.40. The molecular weight excluding hydrogens is 286 g/mol. The van der Waals surface area contributed by atoms with Gasteiger partial charge in [-0.1, -0.05) is 48.6 Å². The van der Waals surface area contributed by atoms with Crippen LogP contribution in [0, 0.1) is 0 Å². The summed E-state index contributed by atoms with van der Waals surface area (Å²) in [6, 6.07) is 9.84. The average Bonchev–Trinajstić information content (AvgIpc) is 2.48. The first kappa shape index (κ1) is 17.0. The molecule has 0 unspecified atom stereocenters. The van der Waals surface area contributed by atoms with E-state index in [-0.39, 0.29) is 12.3 Å². The molecule has 0 aliphatic carbocycles. The van der Waals surface area contributed by atoms with Gasteiger partial charge in [-0.2, -0.15) is 11.8 Å². The number of thioether (sulfide) groups is 1. The third-order valence-electron chi connectivity index (χ3n) is 2.45. The van der Waals surface area contributed by atoms with Crippen LogP contribution in [0.2, 0.25) is 0 Å². The van der Waals surface area contributed by atoms with Crippen LogP contribution in [0.25, 0.3) is 6.08 Å². The number of rotatable bonds is 9. The quantitative estimate of drug-likeness (QED) is 0.418. The van der Waals surface area contributed by atoms with Gasteiger partial charge in [0.1, 0.15) is 0 Å². The van der Waals surface area contributed by atoms with Crippen molar-refractivity contribution in [1.29, 1.82) is 0 Å². The van der Waals surface area contributed by atoms with Crippen LogP contribution >= 0.6 is 11.8 Å². The van der Waals surface area contributed by atoms with E-state index in [0.717, 1.165) is 5.56 Å². The molecule has 0 bridgehead atoms. The van der Waals surface area contributed by atoms with Crippen LogP contribution in [0.3, 0.4) is 0 Å². The maximum absolute atomic E-state index is 11.5. The molecule has 0 spiro atoms. The highest BCUT2D eigenvalue weighted by Gasteiger charge is 1.97. The molecule has 4 nitrogen and oxygen atoms in total. The van der Waals surface area contributed by atoms with Gasteiger partial charge in [-0.25, -0.2) is 0 Å². The van der Waals surface area contributed by atoms with Crippen molar-refractivity contribution in [3.63, 3.8) is 0 Å². The van der Waals surface area contributed by atoms with Gasteiger partial charge in [0.05, 0.1) is 6.42 Å². The fraction of sp³-hybridized carbons (Fsp3) is 0.250. The first-order chi connectivity index (χ1) is 10.2. The van der Waals surface area contributed by atoms with Crippen molar-refractivity contribution in [2.24, 2.45) is 0 Å². The zero-order valence-electron chi connectivity index (χ0n) is 11.7. The lowest BCUT2D eigenvalue weighted by Gasteiger charge is -2.01. The summed E-state index contributed by atoms with van der Waals surface area (Å²) in [5.74, 6) is 0.347. The molecule has 0 aromatic heterocycles. The molecule has 0 aliphatic rings. The normalized spacial score (nSPS) is 11.0. The molecule has 0 fully saturated rings. The van der Waals surface area contributed by atoms with Gasteiger partial charge in [0.15, 0.2) is 0 Å².